The zero-order chi connectivity index (χ0) is 23.8. The number of rotatable bonds is 5. The number of halogens is 5. The first kappa shape index (κ1) is 22.6. The molecule has 0 saturated heterocycles. The zero-order valence-electron chi connectivity index (χ0n) is 17.3. The highest BCUT2D eigenvalue weighted by Crippen LogP contribution is 2.34. The Kier molecular flexibility index (Phi) is 5.96. The van der Waals surface area contributed by atoms with Gasteiger partial charge in [0.05, 0.1) is 5.56 Å². The van der Waals surface area contributed by atoms with Crippen LogP contribution in [0.2, 0.25) is 0 Å². The highest BCUT2D eigenvalue weighted by molar-refractivity contribution is 5.43. The maximum absolute atomic E-state index is 14.5. The molecule has 0 amide bonds. The molecule has 1 aromatic heterocycles. The molecule has 0 saturated carbocycles. The van der Waals surface area contributed by atoms with Crippen LogP contribution in [0, 0.1) is 11.6 Å². The van der Waals surface area contributed by atoms with E-state index >= 15 is 0 Å². The molecule has 0 fully saturated rings. The number of nitrogens with zero attached hydrogens (tertiary/aromatic N) is 3. The fraction of sp³-hybridized carbons (Fsp3) is 0.273. The number of ether oxygens (including phenoxy) is 2. The van der Waals surface area contributed by atoms with Crippen LogP contribution in [0.5, 0.6) is 17.4 Å². The van der Waals surface area contributed by atoms with Crippen LogP contribution in [0.15, 0.2) is 47.3 Å². The third kappa shape index (κ3) is 4.91. The summed E-state index contributed by atoms with van der Waals surface area (Å²) in [5, 5.41) is 0. The molecular weight excluding hydrogens is 449 g/mol. The molecule has 2 aromatic carbocycles. The molecule has 11 heteroatoms. The Morgan fingerprint density at radius 2 is 1.79 bits per heavy atom. The minimum absolute atomic E-state index is 0.00473. The second-order valence-corrected chi connectivity index (χ2v) is 7.47. The van der Waals surface area contributed by atoms with E-state index in [4.69, 9.17) is 9.47 Å². The molecule has 0 atom stereocenters. The molecule has 0 N–H and O–H groups in total. The van der Waals surface area contributed by atoms with Gasteiger partial charge >= 0.3 is 11.9 Å². The van der Waals surface area contributed by atoms with E-state index < -0.39 is 34.8 Å². The summed E-state index contributed by atoms with van der Waals surface area (Å²) in [6.45, 7) is 0.999. The Bertz CT molecular complexity index is 1220. The lowest BCUT2D eigenvalue weighted by Gasteiger charge is -2.28. The van der Waals surface area contributed by atoms with Crippen molar-refractivity contribution in [3.05, 3.63) is 75.7 Å². The van der Waals surface area contributed by atoms with Crippen LogP contribution in [0.3, 0.4) is 0 Å². The van der Waals surface area contributed by atoms with Gasteiger partial charge in [0.1, 0.15) is 18.2 Å². The van der Waals surface area contributed by atoms with Crippen LogP contribution in [0.25, 0.3) is 0 Å². The summed E-state index contributed by atoms with van der Waals surface area (Å²) < 4.78 is 79.5. The van der Waals surface area contributed by atoms with E-state index in [1.54, 1.807) is 6.07 Å². The van der Waals surface area contributed by atoms with Gasteiger partial charge in [0, 0.05) is 26.2 Å². The average Bonchev–Trinajstić information content (AvgIpc) is 2.75. The summed E-state index contributed by atoms with van der Waals surface area (Å²) in [5.41, 5.74) is -1.42. The molecule has 1 aliphatic rings. The van der Waals surface area contributed by atoms with E-state index in [9.17, 15) is 26.7 Å². The lowest BCUT2D eigenvalue weighted by atomic mass is 10.2. The van der Waals surface area contributed by atoms with Crippen LogP contribution in [-0.2, 0) is 19.3 Å². The maximum Gasteiger partial charge on any atom is 0.416 e. The second kappa shape index (κ2) is 8.72. The van der Waals surface area contributed by atoms with Crippen LogP contribution in [0.4, 0.5) is 27.8 Å². The van der Waals surface area contributed by atoms with Crippen molar-refractivity contribution in [3.8, 4) is 17.4 Å². The number of alkyl halides is 3. The molecule has 0 bridgehead atoms. The molecule has 0 unspecified atom stereocenters. The molecule has 1 aliphatic heterocycles. The summed E-state index contributed by atoms with van der Waals surface area (Å²) in [6.07, 6.45) is -3.82. The summed E-state index contributed by atoms with van der Waals surface area (Å²) in [7, 11) is 1.82. The van der Waals surface area contributed by atoms with E-state index in [1.165, 1.54) is 4.57 Å². The Morgan fingerprint density at radius 1 is 1.06 bits per heavy atom. The first-order valence-electron chi connectivity index (χ1n) is 9.90. The van der Waals surface area contributed by atoms with Crippen LogP contribution >= 0.6 is 0 Å². The summed E-state index contributed by atoms with van der Waals surface area (Å²) in [5.74, 6) is -2.82. The third-order valence-electron chi connectivity index (χ3n) is 5.06. The van der Waals surface area contributed by atoms with E-state index in [-0.39, 0.29) is 23.8 Å². The standard InChI is InChI=1S/C22H18F5N3O3/c1-29-6-3-7-30-19(29)11-18(28-21(30)31)32-12-13-8-16(23)20(17(24)9-13)33-15-5-2-4-14(10-15)22(25,26)27/h2,4-5,8-11H,3,6-7,12H2,1H3. The molecule has 4 rings (SSSR count). The van der Waals surface area contributed by atoms with Gasteiger partial charge in [0.25, 0.3) is 0 Å². The molecule has 6 nitrogen and oxygen atoms in total. The van der Waals surface area contributed by atoms with Crippen molar-refractivity contribution in [3.63, 3.8) is 0 Å². The summed E-state index contributed by atoms with van der Waals surface area (Å²) in [6, 6.07) is 7.13. The van der Waals surface area contributed by atoms with Gasteiger partial charge in [-0.1, -0.05) is 6.07 Å². The number of benzene rings is 2. The quantitative estimate of drug-likeness (QED) is 0.507. The largest absolute Gasteiger partial charge is 0.473 e. The predicted molar refractivity (Wildman–Crippen MR) is 109 cm³/mol. The summed E-state index contributed by atoms with van der Waals surface area (Å²) >= 11 is 0. The number of hydrogen-bond donors (Lipinski definition) is 0. The number of fused-ring (bicyclic) bond motifs is 1. The van der Waals surface area contributed by atoms with Gasteiger partial charge in [-0.3, -0.25) is 4.57 Å². The highest BCUT2D eigenvalue weighted by atomic mass is 19.4. The van der Waals surface area contributed by atoms with E-state index in [0.29, 0.717) is 18.4 Å². The van der Waals surface area contributed by atoms with Crippen LogP contribution in [0.1, 0.15) is 17.5 Å². The normalized spacial score (nSPS) is 13.6. The molecule has 33 heavy (non-hydrogen) atoms. The van der Waals surface area contributed by atoms with Gasteiger partial charge in [-0.05, 0) is 42.3 Å². The first-order chi connectivity index (χ1) is 15.6. The molecule has 2 heterocycles. The molecule has 174 valence electrons. The first-order valence-corrected chi connectivity index (χ1v) is 9.90. The van der Waals surface area contributed by atoms with Crippen LogP contribution in [-0.4, -0.2) is 23.1 Å². The average molecular weight is 467 g/mol. The molecular formula is C22H18F5N3O3. The fourth-order valence-electron chi connectivity index (χ4n) is 3.46. The van der Waals surface area contributed by atoms with Crippen molar-refractivity contribution in [2.24, 2.45) is 0 Å². The molecule has 3 aromatic rings. The van der Waals surface area contributed by atoms with Gasteiger partial charge in [0.15, 0.2) is 17.4 Å². The third-order valence-corrected chi connectivity index (χ3v) is 5.06. The van der Waals surface area contributed by atoms with E-state index in [0.717, 1.165) is 43.3 Å². The maximum atomic E-state index is 14.5. The molecule has 0 aliphatic carbocycles. The van der Waals surface area contributed by atoms with Gasteiger partial charge < -0.3 is 14.4 Å². The lowest BCUT2D eigenvalue weighted by Crippen LogP contribution is -2.36. The Labute approximate surface area is 184 Å². The van der Waals surface area contributed by atoms with Gasteiger partial charge in [-0.2, -0.15) is 18.2 Å². The van der Waals surface area contributed by atoms with E-state index in [1.807, 2.05) is 11.9 Å². The monoisotopic (exact) mass is 467 g/mol. The fourth-order valence-corrected chi connectivity index (χ4v) is 3.46. The van der Waals surface area contributed by atoms with Crippen molar-refractivity contribution in [2.75, 3.05) is 18.5 Å². The molecule has 0 spiro atoms. The van der Waals surface area contributed by atoms with Crippen molar-refractivity contribution >= 4 is 5.82 Å². The SMILES string of the molecule is CN1CCCn2c1cc(OCc1cc(F)c(Oc3cccc(C(F)(F)F)c3)c(F)c1)nc2=O. The molecule has 0 radical (unpaired) electrons. The predicted octanol–water partition coefficient (Wildman–Crippen LogP) is 4.75. The minimum atomic E-state index is -4.63. The van der Waals surface area contributed by atoms with Crippen molar-refractivity contribution in [1.29, 1.82) is 0 Å². The minimum Gasteiger partial charge on any atom is -0.473 e. The van der Waals surface area contributed by atoms with Crippen molar-refractivity contribution in [1.82, 2.24) is 9.55 Å². The van der Waals surface area contributed by atoms with Gasteiger partial charge in [0.2, 0.25) is 5.88 Å². The number of hydrogen-bond acceptors (Lipinski definition) is 5. The van der Waals surface area contributed by atoms with Crippen molar-refractivity contribution in [2.45, 2.75) is 25.7 Å². The highest BCUT2D eigenvalue weighted by Gasteiger charge is 2.31. The topological polar surface area (TPSA) is 56.6 Å². The van der Waals surface area contributed by atoms with Gasteiger partial charge in [-0.15, -0.1) is 0 Å². The number of aromatic nitrogens is 2. The lowest BCUT2D eigenvalue weighted by molar-refractivity contribution is -0.137. The number of anilines is 1. The Hall–Kier alpha value is -3.63. The zero-order valence-corrected chi connectivity index (χ0v) is 17.3. The second-order valence-electron chi connectivity index (χ2n) is 7.47. The summed E-state index contributed by atoms with van der Waals surface area (Å²) in [4.78, 5) is 17.9. The van der Waals surface area contributed by atoms with Gasteiger partial charge in [-0.25, -0.2) is 13.6 Å². The van der Waals surface area contributed by atoms with E-state index in [2.05, 4.69) is 4.98 Å². The van der Waals surface area contributed by atoms with Crippen molar-refractivity contribution < 1.29 is 31.4 Å². The van der Waals surface area contributed by atoms with Crippen LogP contribution < -0.4 is 20.1 Å². The smallest absolute Gasteiger partial charge is 0.416 e. The Morgan fingerprint density at radius 3 is 2.48 bits per heavy atom. The Balaban J connectivity index is 1.51.